The summed E-state index contributed by atoms with van der Waals surface area (Å²) in [7, 11) is -4.71. The van der Waals surface area contributed by atoms with E-state index in [-0.39, 0.29) is 23.5 Å². The van der Waals surface area contributed by atoms with Crippen LogP contribution in [-0.4, -0.2) is 99.6 Å². The summed E-state index contributed by atoms with van der Waals surface area (Å²) in [5, 5.41) is 44.3. The van der Waals surface area contributed by atoms with Gasteiger partial charge in [-0.25, -0.2) is 0 Å². The Labute approximate surface area is 205 Å². The highest BCUT2D eigenvalue weighted by Crippen LogP contribution is 2.42. The molecule has 2 unspecified atom stereocenters. The van der Waals surface area contributed by atoms with Crippen molar-refractivity contribution in [3.8, 4) is 0 Å². The molecule has 196 valence electrons. The van der Waals surface area contributed by atoms with Crippen LogP contribution in [0.2, 0.25) is 5.28 Å². The number of nitrogens with one attached hydrogen (secondary N) is 2. The van der Waals surface area contributed by atoms with Crippen LogP contribution in [0.5, 0.6) is 0 Å². The number of aliphatic hydroxyl groups is 3. The Balaban J connectivity index is 1.50. The van der Waals surface area contributed by atoms with Crippen LogP contribution in [0.4, 0.5) is 5.82 Å². The normalized spacial score (nSPS) is 27.5. The predicted molar refractivity (Wildman–Crippen MR) is 121 cm³/mol. The monoisotopic (exact) mass is 537 g/mol. The molecule has 6 atom stereocenters. The fourth-order valence-corrected chi connectivity index (χ4v) is 4.95. The predicted octanol–water partition coefficient (Wildman–Crippen LogP) is -0.703. The lowest BCUT2D eigenvalue weighted by atomic mass is 10.1. The second-order valence-electron chi connectivity index (χ2n) is 8.68. The number of halogens is 1. The molecule has 1 aliphatic carbocycles. The molecule has 2 fully saturated rings. The maximum absolute atomic E-state index is 11.7. The maximum Gasteiger partial charge on any atom is 0.355 e. The van der Waals surface area contributed by atoms with Gasteiger partial charge in [0, 0.05) is 12.6 Å². The number of ether oxygens (including phenoxy) is 2. The van der Waals surface area contributed by atoms with E-state index in [9.17, 15) is 29.7 Å². The molecule has 0 radical (unpaired) electrons. The summed E-state index contributed by atoms with van der Waals surface area (Å²) < 4.78 is 23.9. The third-order valence-corrected chi connectivity index (χ3v) is 7.24. The van der Waals surface area contributed by atoms with E-state index in [2.05, 4.69) is 30.9 Å². The molecule has 2 aromatic heterocycles. The molecule has 35 heavy (non-hydrogen) atoms. The SMILES string of the molecule is CC(O)NCC(OC[C@H]1O[C@@H](n2nnc3c(NC4CCCC4)nc(Cl)nc32)[C@H](O)[C@@H]1O)P(=O)(O)O. The zero-order valence-electron chi connectivity index (χ0n) is 18.8. The number of anilines is 1. The van der Waals surface area contributed by atoms with Crippen molar-refractivity contribution in [2.45, 2.75) is 75.3 Å². The van der Waals surface area contributed by atoms with Gasteiger partial charge in [0.05, 0.1) is 6.61 Å². The molecule has 7 N–H and O–H groups in total. The van der Waals surface area contributed by atoms with Gasteiger partial charge in [0.2, 0.25) is 5.28 Å². The van der Waals surface area contributed by atoms with E-state index in [1.165, 1.54) is 11.6 Å². The van der Waals surface area contributed by atoms with Gasteiger partial charge in [0.25, 0.3) is 0 Å². The summed E-state index contributed by atoms with van der Waals surface area (Å²) in [5.41, 5.74) is 0.495. The molecule has 1 saturated carbocycles. The minimum Gasteiger partial charge on any atom is -0.387 e. The highest BCUT2D eigenvalue weighted by molar-refractivity contribution is 7.52. The summed E-state index contributed by atoms with van der Waals surface area (Å²) in [4.78, 5) is 27.4. The Morgan fingerprint density at radius 3 is 2.63 bits per heavy atom. The van der Waals surface area contributed by atoms with Crippen molar-refractivity contribution in [3.05, 3.63) is 5.28 Å². The summed E-state index contributed by atoms with van der Waals surface area (Å²) in [6, 6.07) is 0.219. The Kier molecular flexibility index (Phi) is 8.22. The quantitative estimate of drug-likeness (QED) is 0.113. The molecular formula is C18H29ClN7O8P. The number of hydrogen-bond acceptors (Lipinski definition) is 12. The number of fused-ring (bicyclic) bond motifs is 1. The molecule has 15 nitrogen and oxygen atoms in total. The van der Waals surface area contributed by atoms with E-state index >= 15 is 0 Å². The van der Waals surface area contributed by atoms with Crippen molar-refractivity contribution in [2.75, 3.05) is 18.5 Å². The van der Waals surface area contributed by atoms with Crippen LogP contribution in [0, 0.1) is 0 Å². The molecule has 17 heteroatoms. The van der Waals surface area contributed by atoms with Crippen LogP contribution in [-0.2, 0) is 14.0 Å². The zero-order valence-corrected chi connectivity index (χ0v) is 20.5. The third kappa shape index (κ3) is 6.07. The zero-order chi connectivity index (χ0) is 25.3. The van der Waals surface area contributed by atoms with Crippen LogP contribution in [0.15, 0.2) is 0 Å². The molecule has 4 rings (SSSR count). The number of aromatic nitrogens is 5. The second kappa shape index (κ2) is 10.8. The molecule has 0 bridgehead atoms. The van der Waals surface area contributed by atoms with Gasteiger partial charge in [-0.2, -0.15) is 14.6 Å². The molecule has 1 aliphatic heterocycles. The lowest BCUT2D eigenvalue weighted by molar-refractivity contribution is -0.0770. The summed E-state index contributed by atoms with van der Waals surface area (Å²) >= 11 is 6.12. The number of hydrogen-bond donors (Lipinski definition) is 7. The highest BCUT2D eigenvalue weighted by Gasteiger charge is 2.46. The minimum atomic E-state index is -4.71. The first kappa shape index (κ1) is 26.5. The third-order valence-electron chi connectivity index (χ3n) is 5.99. The lowest BCUT2D eigenvalue weighted by Gasteiger charge is -2.23. The molecule has 0 aromatic carbocycles. The van der Waals surface area contributed by atoms with Crippen LogP contribution in [0.25, 0.3) is 11.2 Å². The molecule has 0 amide bonds. The Hall–Kier alpha value is -1.52. The summed E-state index contributed by atoms with van der Waals surface area (Å²) in [6.07, 6.45) is -2.15. The topological polar surface area (TPSA) is 217 Å². The standard InChI is InChI=1S/C18H29ClN7O8P/c1-8(27)20-6-11(35(30,31)32)33-7-10-13(28)14(29)17(34-10)26-16-12(24-25-26)15(22-18(19)23-16)21-9-4-2-3-5-9/h8-11,13-14,17,20,27-29H,2-7H2,1H3,(H,21,22,23)(H2,30,31,32)/t8?,10-,11?,13-,14-,17-/m1/s1. The maximum atomic E-state index is 11.7. The van der Waals surface area contributed by atoms with E-state index < -0.39 is 50.8 Å². The first-order valence-electron chi connectivity index (χ1n) is 11.2. The largest absolute Gasteiger partial charge is 0.387 e. The van der Waals surface area contributed by atoms with Gasteiger partial charge in [-0.3, -0.25) is 9.88 Å². The molecule has 0 spiro atoms. The van der Waals surface area contributed by atoms with Crippen LogP contribution < -0.4 is 10.6 Å². The van der Waals surface area contributed by atoms with Gasteiger partial charge < -0.3 is 39.9 Å². The van der Waals surface area contributed by atoms with Crippen molar-refractivity contribution < 1.29 is 39.1 Å². The van der Waals surface area contributed by atoms with Gasteiger partial charge in [0.15, 0.2) is 29.1 Å². The minimum absolute atomic E-state index is 0.0652. The van der Waals surface area contributed by atoms with E-state index in [4.69, 9.17) is 21.1 Å². The highest BCUT2D eigenvalue weighted by atomic mass is 35.5. The second-order valence-corrected chi connectivity index (χ2v) is 10.8. The van der Waals surface area contributed by atoms with Crippen LogP contribution in [0.3, 0.4) is 0 Å². The van der Waals surface area contributed by atoms with Crippen molar-refractivity contribution >= 4 is 36.2 Å². The number of nitrogens with zero attached hydrogens (tertiary/aromatic N) is 5. The van der Waals surface area contributed by atoms with Crippen molar-refractivity contribution in [1.82, 2.24) is 30.3 Å². The number of rotatable bonds is 10. The molecular weight excluding hydrogens is 509 g/mol. The van der Waals surface area contributed by atoms with Crippen molar-refractivity contribution in [3.63, 3.8) is 0 Å². The van der Waals surface area contributed by atoms with Gasteiger partial charge in [-0.1, -0.05) is 18.1 Å². The van der Waals surface area contributed by atoms with Gasteiger partial charge in [-0.05, 0) is 31.4 Å². The van der Waals surface area contributed by atoms with Crippen molar-refractivity contribution in [2.24, 2.45) is 0 Å². The smallest absolute Gasteiger partial charge is 0.355 e. The summed E-state index contributed by atoms with van der Waals surface area (Å²) in [5.74, 6) is -1.20. The van der Waals surface area contributed by atoms with E-state index in [0.717, 1.165) is 25.7 Å². The molecule has 3 heterocycles. The Bertz CT molecular complexity index is 1060. The van der Waals surface area contributed by atoms with Gasteiger partial charge in [0.1, 0.15) is 24.5 Å². The van der Waals surface area contributed by atoms with E-state index in [0.29, 0.717) is 11.3 Å². The van der Waals surface area contributed by atoms with Crippen molar-refractivity contribution in [1.29, 1.82) is 0 Å². The first-order chi connectivity index (χ1) is 16.5. The number of aliphatic hydroxyl groups excluding tert-OH is 3. The average Bonchev–Trinajstić information content (AvgIpc) is 3.49. The van der Waals surface area contributed by atoms with E-state index in [1.807, 2.05) is 0 Å². The van der Waals surface area contributed by atoms with Crippen LogP contribution >= 0.6 is 19.2 Å². The van der Waals surface area contributed by atoms with E-state index in [1.54, 1.807) is 0 Å². The lowest BCUT2D eigenvalue weighted by Crippen LogP contribution is -2.38. The Morgan fingerprint density at radius 1 is 1.26 bits per heavy atom. The van der Waals surface area contributed by atoms with Gasteiger partial charge >= 0.3 is 7.60 Å². The summed E-state index contributed by atoms with van der Waals surface area (Å²) in [6.45, 7) is 0.577. The Morgan fingerprint density at radius 2 is 1.97 bits per heavy atom. The first-order valence-corrected chi connectivity index (χ1v) is 13.3. The molecule has 2 aliphatic rings. The van der Waals surface area contributed by atoms with Gasteiger partial charge in [-0.15, -0.1) is 5.10 Å². The fourth-order valence-electron chi connectivity index (χ4n) is 4.16. The molecule has 1 saturated heterocycles. The molecule has 2 aromatic rings. The van der Waals surface area contributed by atoms with Crippen LogP contribution in [0.1, 0.15) is 38.8 Å². The average molecular weight is 538 g/mol. The fraction of sp³-hybridized carbons (Fsp3) is 0.778.